The van der Waals surface area contributed by atoms with E-state index in [1.807, 2.05) is 6.21 Å². The molecule has 0 atom stereocenters. The average molecular weight is 449 g/mol. The molecule has 0 fully saturated rings. The molecule has 1 aromatic heterocycles. The van der Waals surface area contributed by atoms with Crippen LogP contribution in [0.5, 0.6) is 0 Å². The predicted octanol–water partition coefficient (Wildman–Crippen LogP) is 8.50. The lowest BCUT2D eigenvalue weighted by Crippen LogP contribution is -2.15. The maximum atomic E-state index is 4.53. The number of fused-ring (bicyclic) bond motifs is 9. The largest absolute Gasteiger partial charge is 0.309 e. The highest BCUT2D eigenvalue weighted by molar-refractivity contribution is 6.12. The molecule has 6 aromatic rings. The molecule has 5 aromatic carbocycles. The standard InChI is InChI=1S/C33H24N2/c1-33(2)28-19-31-27(18-26(28)25-13-11-20-7-3-4-8-23(20)32(25)33)24-9-5-6-10-30(24)35(31)22-12-14-29-21(17-22)15-16-34-29/h3-14,16-19H,15H2,1-2H3. The van der Waals surface area contributed by atoms with Crippen LogP contribution in [-0.2, 0) is 11.8 Å². The Morgan fingerprint density at radius 2 is 1.54 bits per heavy atom. The molecule has 2 heteroatoms. The predicted molar refractivity (Wildman–Crippen MR) is 148 cm³/mol. The van der Waals surface area contributed by atoms with Crippen molar-refractivity contribution < 1.29 is 0 Å². The fraction of sp³-hybridized carbons (Fsp3) is 0.121. The zero-order valence-electron chi connectivity index (χ0n) is 19.8. The lowest BCUT2D eigenvalue weighted by Gasteiger charge is -2.23. The fourth-order valence-corrected chi connectivity index (χ4v) is 6.58. The summed E-state index contributed by atoms with van der Waals surface area (Å²) >= 11 is 0. The number of hydrogen-bond acceptors (Lipinski definition) is 1. The van der Waals surface area contributed by atoms with E-state index in [-0.39, 0.29) is 5.41 Å². The molecule has 1 aliphatic carbocycles. The summed E-state index contributed by atoms with van der Waals surface area (Å²) in [6, 6.07) is 33.8. The first-order chi connectivity index (χ1) is 17.1. The summed E-state index contributed by atoms with van der Waals surface area (Å²) in [5, 5.41) is 5.29. The first kappa shape index (κ1) is 19.2. The van der Waals surface area contributed by atoms with E-state index in [0.717, 1.165) is 12.1 Å². The second-order valence-corrected chi connectivity index (χ2v) is 10.4. The molecule has 0 spiro atoms. The highest BCUT2D eigenvalue weighted by atomic mass is 15.0. The summed E-state index contributed by atoms with van der Waals surface area (Å²) in [6.45, 7) is 4.77. The number of rotatable bonds is 1. The van der Waals surface area contributed by atoms with Crippen LogP contribution in [0.1, 0.15) is 30.5 Å². The van der Waals surface area contributed by atoms with Gasteiger partial charge < -0.3 is 4.57 Å². The molecule has 2 heterocycles. The summed E-state index contributed by atoms with van der Waals surface area (Å²) in [4.78, 5) is 4.53. The van der Waals surface area contributed by atoms with Crippen molar-refractivity contribution in [2.45, 2.75) is 25.7 Å². The fourth-order valence-electron chi connectivity index (χ4n) is 6.58. The van der Waals surface area contributed by atoms with Gasteiger partial charge in [-0.05, 0) is 75.0 Å². The third-order valence-electron chi connectivity index (χ3n) is 8.19. The number of aromatic nitrogens is 1. The van der Waals surface area contributed by atoms with Crippen LogP contribution >= 0.6 is 0 Å². The molecule has 0 saturated carbocycles. The topological polar surface area (TPSA) is 17.3 Å². The van der Waals surface area contributed by atoms with Crippen molar-refractivity contribution in [3.8, 4) is 16.8 Å². The zero-order valence-corrected chi connectivity index (χ0v) is 19.8. The molecule has 0 bridgehead atoms. The van der Waals surface area contributed by atoms with Crippen LogP contribution in [0.4, 0.5) is 5.69 Å². The van der Waals surface area contributed by atoms with Gasteiger partial charge in [-0.25, -0.2) is 0 Å². The summed E-state index contributed by atoms with van der Waals surface area (Å²) < 4.78 is 2.45. The minimum Gasteiger partial charge on any atom is -0.309 e. The Balaban J connectivity index is 1.48. The lowest BCUT2D eigenvalue weighted by atomic mass is 9.80. The second kappa shape index (κ2) is 6.49. The van der Waals surface area contributed by atoms with Crippen LogP contribution in [-0.4, -0.2) is 10.8 Å². The number of benzene rings is 5. The molecular weight excluding hydrogens is 424 g/mol. The maximum Gasteiger partial charge on any atom is 0.0663 e. The van der Waals surface area contributed by atoms with Crippen molar-refractivity contribution in [2.75, 3.05) is 0 Å². The number of hydrogen-bond donors (Lipinski definition) is 0. The van der Waals surface area contributed by atoms with Gasteiger partial charge in [0.15, 0.2) is 0 Å². The smallest absolute Gasteiger partial charge is 0.0663 e. The van der Waals surface area contributed by atoms with Crippen molar-refractivity contribution in [3.63, 3.8) is 0 Å². The summed E-state index contributed by atoms with van der Waals surface area (Å²) in [5.74, 6) is 0. The van der Waals surface area contributed by atoms with Crippen molar-refractivity contribution in [1.82, 2.24) is 4.57 Å². The van der Waals surface area contributed by atoms with E-state index in [1.54, 1.807) is 0 Å². The lowest BCUT2D eigenvalue weighted by molar-refractivity contribution is 0.667. The second-order valence-electron chi connectivity index (χ2n) is 10.4. The van der Waals surface area contributed by atoms with E-state index in [9.17, 15) is 0 Å². The molecule has 1 aliphatic heterocycles. The molecule has 0 unspecified atom stereocenters. The SMILES string of the molecule is CC1(C)c2cc3c(cc2-c2ccc4ccccc4c21)c1ccccc1n3-c1ccc2c(c1)CC=N2. The van der Waals surface area contributed by atoms with Gasteiger partial charge in [0.25, 0.3) is 0 Å². The van der Waals surface area contributed by atoms with Gasteiger partial charge in [-0.3, -0.25) is 4.99 Å². The van der Waals surface area contributed by atoms with Gasteiger partial charge >= 0.3 is 0 Å². The van der Waals surface area contributed by atoms with Crippen LogP contribution in [0, 0.1) is 0 Å². The van der Waals surface area contributed by atoms with Crippen LogP contribution in [0.25, 0.3) is 49.4 Å². The van der Waals surface area contributed by atoms with Gasteiger partial charge in [0.2, 0.25) is 0 Å². The molecule has 0 saturated heterocycles. The summed E-state index contributed by atoms with van der Waals surface area (Å²) in [7, 11) is 0. The van der Waals surface area contributed by atoms with E-state index in [1.165, 1.54) is 66.1 Å². The molecule has 8 rings (SSSR count). The normalized spacial score (nSPS) is 15.1. The molecule has 166 valence electrons. The molecule has 0 N–H and O–H groups in total. The Morgan fingerprint density at radius 3 is 2.46 bits per heavy atom. The van der Waals surface area contributed by atoms with Crippen molar-refractivity contribution in [1.29, 1.82) is 0 Å². The Morgan fingerprint density at radius 1 is 0.714 bits per heavy atom. The first-order valence-electron chi connectivity index (χ1n) is 12.4. The summed E-state index contributed by atoms with van der Waals surface area (Å²) in [6.07, 6.45) is 2.92. The van der Waals surface area contributed by atoms with Crippen LogP contribution in [0.3, 0.4) is 0 Å². The van der Waals surface area contributed by atoms with E-state index in [0.29, 0.717) is 0 Å². The van der Waals surface area contributed by atoms with Gasteiger partial charge in [0.1, 0.15) is 0 Å². The van der Waals surface area contributed by atoms with Gasteiger partial charge in [-0.1, -0.05) is 68.4 Å². The average Bonchev–Trinajstić information content (AvgIpc) is 3.54. The van der Waals surface area contributed by atoms with E-state index < -0.39 is 0 Å². The first-order valence-corrected chi connectivity index (χ1v) is 12.4. The zero-order chi connectivity index (χ0) is 23.3. The molecule has 0 radical (unpaired) electrons. The number of nitrogens with zero attached hydrogens (tertiary/aromatic N) is 2. The van der Waals surface area contributed by atoms with Gasteiger partial charge in [0, 0.05) is 34.5 Å². The highest BCUT2D eigenvalue weighted by Gasteiger charge is 2.37. The Labute approximate surface area is 204 Å². The number of aliphatic imine (C=N–C) groups is 1. The van der Waals surface area contributed by atoms with Crippen molar-refractivity contribution in [3.05, 3.63) is 108 Å². The number of para-hydroxylation sites is 1. The quantitative estimate of drug-likeness (QED) is 0.240. The summed E-state index contributed by atoms with van der Waals surface area (Å²) in [5.41, 5.74) is 11.6. The van der Waals surface area contributed by atoms with Crippen LogP contribution < -0.4 is 0 Å². The van der Waals surface area contributed by atoms with Gasteiger partial charge in [0.05, 0.1) is 16.7 Å². The van der Waals surface area contributed by atoms with E-state index in [2.05, 4.69) is 114 Å². The maximum absolute atomic E-state index is 4.53. The Hall–Kier alpha value is -4.17. The molecule has 2 nitrogen and oxygen atoms in total. The van der Waals surface area contributed by atoms with Crippen LogP contribution in [0.15, 0.2) is 96.0 Å². The monoisotopic (exact) mass is 448 g/mol. The van der Waals surface area contributed by atoms with E-state index in [4.69, 9.17) is 0 Å². The van der Waals surface area contributed by atoms with Crippen molar-refractivity contribution in [2.24, 2.45) is 4.99 Å². The minimum absolute atomic E-state index is 0.0766. The third kappa shape index (κ3) is 2.41. The van der Waals surface area contributed by atoms with E-state index >= 15 is 0 Å². The molecular formula is C33H24N2. The third-order valence-corrected chi connectivity index (χ3v) is 8.19. The highest BCUT2D eigenvalue weighted by Crippen LogP contribution is 2.53. The molecule has 0 amide bonds. The Bertz CT molecular complexity index is 1900. The van der Waals surface area contributed by atoms with Crippen LogP contribution in [0.2, 0.25) is 0 Å². The van der Waals surface area contributed by atoms with Gasteiger partial charge in [-0.2, -0.15) is 0 Å². The van der Waals surface area contributed by atoms with Gasteiger partial charge in [-0.15, -0.1) is 0 Å². The molecule has 2 aliphatic rings. The Kier molecular flexibility index (Phi) is 3.55. The van der Waals surface area contributed by atoms with Crippen molar-refractivity contribution >= 4 is 44.5 Å². The minimum atomic E-state index is -0.0766. The molecule has 35 heavy (non-hydrogen) atoms.